The van der Waals surface area contributed by atoms with E-state index in [2.05, 4.69) is 58.1 Å². The number of likely N-dealkylation sites (tertiary alicyclic amines) is 1. The molecule has 190 valence electrons. The van der Waals surface area contributed by atoms with E-state index in [9.17, 15) is 4.79 Å². The summed E-state index contributed by atoms with van der Waals surface area (Å²) in [6.45, 7) is 8.80. The fraction of sp³-hybridized carbons (Fsp3) is 0.571. The number of piperidine rings is 1. The van der Waals surface area contributed by atoms with Gasteiger partial charge in [0.15, 0.2) is 0 Å². The molecule has 7 nitrogen and oxygen atoms in total. The molecule has 1 spiro atoms. The highest BCUT2D eigenvalue weighted by molar-refractivity contribution is 5.66. The maximum absolute atomic E-state index is 10.6. The second-order valence-electron chi connectivity index (χ2n) is 9.75. The van der Waals surface area contributed by atoms with Gasteiger partial charge in [-0.25, -0.2) is 4.98 Å². The van der Waals surface area contributed by atoms with Crippen molar-refractivity contribution in [2.75, 3.05) is 57.4 Å². The molecule has 0 aliphatic carbocycles. The lowest BCUT2D eigenvalue weighted by Gasteiger charge is -2.47. The molecule has 2 fully saturated rings. The molecule has 2 aromatic rings. The van der Waals surface area contributed by atoms with Gasteiger partial charge in [-0.3, -0.25) is 4.79 Å². The van der Waals surface area contributed by atoms with Crippen LogP contribution in [-0.2, 0) is 33.5 Å². The zero-order valence-electron chi connectivity index (χ0n) is 21.0. The van der Waals surface area contributed by atoms with Crippen molar-refractivity contribution in [3.63, 3.8) is 0 Å². The minimum absolute atomic E-state index is 0.0563. The Morgan fingerprint density at radius 1 is 1.09 bits per heavy atom. The molecule has 2 saturated heterocycles. The largest absolute Gasteiger partial charge is 0.481 e. The fourth-order valence-electron chi connectivity index (χ4n) is 5.06. The van der Waals surface area contributed by atoms with Crippen molar-refractivity contribution in [1.82, 2.24) is 9.88 Å². The van der Waals surface area contributed by atoms with Gasteiger partial charge in [0.05, 0.1) is 31.8 Å². The van der Waals surface area contributed by atoms with Gasteiger partial charge in [0.2, 0.25) is 0 Å². The standard InChI is InChI=1S/C28H39N3O4/c1-2-23-6-12-29-26(21-23)31-16-19-35-28(22-31)10-14-30(15-11-28)13-7-24-4-3-5-25(20-24)8-17-34-18-9-27(32)33/h3-6,12,20-21H,2,7-11,13-19,22H2,1H3,(H,32,33). The molecule has 0 radical (unpaired) electrons. The number of anilines is 1. The van der Waals surface area contributed by atoms with E-state index >= 15 is 0 Å². The molecule has 1 aromatic heterocycles. The molecule has 7 heteroatoms. The molecule has 0 amide bonds. The van der Waals surface area contributed by atoms with Gasteiger partial charge in [-0.2, -0.15) is 0 Å². The monoisotopic (exact) mass is 481 g/mol. The van der Waals surface area contributed by atoms with E-state index in [1.807, 2.05) is 6.20 Å². The Hall–Kier alpha value is -2.48. The van der Waals surface area contributed by atoms with Crippen LogP contribution in [0, 0.1) is 0 Å². The molecular formula is C28H39N3O4. The number of aromatic nitrogens is 1. The number of hydrogen-bond acceptors (Lipinski definition) is 6. The number of rotatable bonds is 11. The molecular weight excluding hydrogens is 442 g/mol. The molecule has 2 aliphatic heterocycles. The van der Waals surface area contributed by atoms with E-state index < -0.39 is 5.97 Å². The molecule has 1 N–H and O–H groups in total. The van der Waals surface area contributed by atoms with Gasteiger partial charge in [-0.15, -0.1) is 0 Å². The number of pyridine rings is 1. The Balaban J connectivity index is 1.22. The molecule has 1 aromatic carbocycles. The van der Waals surface area contributed by atoms with Gasteiger partial charge in [0, 0.05) is 38.9 Å². The number of nitrogens with zero attached hydrogens (tertiary/aromatic N) is 3. The van der Waals surface area contributed by atoms with Crippen LogP contribution in [0.5, 0.6) is 0 Å². The molecule has 0 saturated carbocycles. The van der Waals surface area contributed by atoms with Crippen LogP contribution in [0.4, 0.5) is 5.82 Å². The Morgan fingerprint density at radius 2 is 1.89 bits per heavy atom. The van der Waals surface area contributed by atoms with Gasteiger partial charge < -0.3 is 24.4 Å². The van der Waals surface area contributed by atoms with Crippen molar-refractivity contribution in [1.29, 1.82) is 0 Å². The summed E-state index contributed by atoms with van der Waals surface area (Å²) < 4.78 is 11.8. The van der Waals surface area contributed by atoms with E-state index in [1.54, 1.807) is 0 Å². The third-order valence-electron chi connectivity index (χ3n) is 7.26. The predicted octanol–water partition coefficient (Wildman–Crippen LogP) is 3.59. The van der Waals surface area contributed by atoms with Crippen molar-refractivity contribution in [2.45, 2.75) is 51.0 Å². The summed E-state index contributed by atoms with van der Waals surface area (Å²) in [5, 5.41) is 8.69. The number of carboxylic acid groups (broad SMARTS) is 1. The van der Waals surface area contributed by atoms with E-state index in [1.165, 1.54) is 16.7 Å². The van der Waals surface area contributed by atoms with Crippen LogP contribution < -0.4 is 4.90 Å². The van der Waals surface area contributed by atoms with Crippen LogP contribution in [0.25, 0.3) is 0 Å². The first-order chi connectivity index (χ1) is 17.0. The van der Waals surface area contributed by atoms with Crippen LogP contribution in [0.1, 0.15) is 42.9 Å². The lowest BCUT2D eigenvalue weighted by atomic mass is 9.89. The lowest BCUT2D eigenvalue weighted by molar-refractivity contribution is -0.138. The van der Waals surface area contributed by atoms with Crippen LogP contribution in [0.2, 0.25) is 0 Å². The summed E-state index contributed by atoms with van der Waals surface area (Å²) in [7, 11) is 0. The number of benzene rings is 1. The number of aryl methyl sites for hydroxylation is 1. The zero-order chi connectivity index (χ0) is 24.5. The summed E-state index contributed by atoms with van der Waals surface area (Å²) in [6, 6.07) is 13.0. The Morgan fingerprint density at radius 3 is 2.66 bits per heavy atom. The second-order valence-corrected chi connectivity index (χ2v) is 9.75. The Bertz CT molecular complexity index is 959. The van der Waals surface area contributed by atoms with Gasteiger partial charge in [-0.1, -0.05) is 31.2 Å². The van der Waals surface area contributed by atoms with E-state index in [-0.39, 0.29) is 18.6 Å². The second kappa shape index (κ2) is 12.5. The maximum atomic E-state index is 10.6. The maximum Gasteiger partial charge on any atom is 0.305 e. The zero-order valence-corrected chi connectivity index (χ0v) is 21.0. The van der Waals surface area contributed by atoms with Crippen molar-refractivity contribution >= 4 is 11.8 Å². The average Bonchev–Trinajstić information content (AvgIpc) is 2.88. The fourth-order valence-corrected chi connectivity index (χ4v) is 5.06. The highest BCUT2D eigenvalue weighted by Gasteiger charge is 2.40. The number of ether oxygens (including phenoxy) is 2. The van der Waals surface area contributed by atoms with Crippen molar-refractivity contribution in [3.8, 4) is 0 Å². The number of carbonyl (C=O) groups is 1. The molecule has 0 bridgehead atoms. The van der Waals surface area contributed by atoms with Gasteiger partial charge in [0.25, 0.3) is 0 Å². The first-order valence-electron chi connectivity index (χ1n) is 13.0. The van der Waals surface area contributed by atoms with Gasteiger partial charge in [-0.05, 0) is 60.9 Å². The summed E-state index contributed by atoms with van der Waals surface area (Å²) in [5.74, 6) is 0.267. The topological polar surface area (TPSA) is 75.1 Å². The molecule has 0 unspecified atom stereocenters. The third-order valence-corrected chi connectivity index (χ3v) is 7.26. The average molecular weight is 482 g/mol. The van der Waals surface area contributed by atoms with Crippen molar-refractivity contribution in [3.05, 3.63) is 59.3 Å². The Labute approximate surface area is 209 Å². The minimum atomic E-state index is -0.818. The summed E-state index contributed by atoms with van der Waals surface area (Å²) in [5.41, 5.74) is 3.86. The van der Waals surface area contributed by atoms with E-state index in [4.69, 9.17) is 14.6 Å². The third kappa shape index (κ3) is 7.50. The summed E-state index contributed by atoms with van der Waals surface area (Å²) in [4.78, 5) is 20.2. The first-order valence-corrected chi connectivity index (χ1v) is 13.0. The highest BCUT2D eigenvalue weighted by atomic mass is 16.5. The summed E-state index contributed by atoms with van der Waals surface area (Å²) >= 11 is 0. The smallest absolute Gasteiger partial charge is 0.305 e. The first kappa shape index (κ1) is 25.6. The molecule has 2 aliphatic rings. The normalized spacial score (nSPS) is 18.1. The van der Waals surface area contributed by atoms with Gasteiger partial charge >= 0.3 is 5.97 Å². The van der Waals surface area contributed by atoms with Crippen LogP contribution in [-0.4, -0.2) is 79.1 Å². The van der Waals surface area contributed by atoms with Crippen LogP contribution in [0.15, 0.2) is 42.6 Å². The quantitative estimate of drug-likeness (QED) is 0.492. The van der Waals surface area contributed by atoms with Gasteiger partial charge in [0.1, 0.15) is 5.82 Å². The number of carboxylic acids is 1. The SMILES string of the molecule is CCc1ccnc(N2CCOC3(CCN(CCc4cccc(CCOCCC(=O)O)c4)CC3)C2)c1. The summed E-state index contributed by atoms with van der Waals surface area (Å²) in [6.07, 6.45) is 6.98. The minimum Gasteiger partial charge on any atom is -0.481 e. The molecule has 0 atom stereocenters. The number of aliphatic carboxylic acids is 1. The molecule has 4 rings (SSSR count). The number of morpholine rings is 1. The highest BCUT2D eigenvalue weighted by Crippen LogP contribution is 2.32. The Kier molecular flexibility index (Phi) is 9.12. The number of hydrogen-bond donors (Lipinski definition) is 1. The van der Waals surface area contributed by atoms with E-state index in [0.717, 1.165) is 77.3 Å². The van der Waals surface area contributed by atoms with Crippen LogP contribution in [0.3, 0.4) is 0 Å². The van der Waals surface area contributed by atoms with Crippen molar-refractivity contribution < 1.29 is 19.4 Å². The van der Waals surface area contributed by atoms with Crippen LogP contribution >= 0.6 is 0 Å². The predicted molar refractivity (Wildman–Crippen MR) is 137 cm³/mol. The molecule has 35 heavy (non-hydrogen) atoms. The van der Waals surface area contributed by atoms with E-state index in [0.29, 0.717) is 6.61 Å². The lowest BCUT2D eigenvalue weighted by Crippen LogP contribution is -2.57. The van der Waals surface area contributed by atoms with Crippen molar-refractivity contribution in [2.24, 2.45) is 0 Å². The molecule has 3 heterocycles.